The van der Waals surface area contributed by atoms with Crippen molar-refractivity contribution in [3.05, 3.63) is 29.8 Å². The molecular weight excluding hydrogens is 422 g/mol. The Hall–Kier alpha value is -2.13. The molecule has 2 heterocycles. The fraction of sp³-hybridized carbons (Fsp3) is 0.636. The van der Waals surface area contributed by atoms with E-state index in [1.54, 1.807) is 29.2 Å². The maximum Gasteiger partial charge on any atom is 0.338 e. The van der Waals surface area contributed by atoms with Gasteiger partial charge in [0.05, 0.1) is 23.2 Å². The second-order valence-corrected chi connectivity index (χ2v) is 10.3. The van der Waals surface area contributed by atoms with Crippen LogP contribution in [-0.2, 0) is 24.1 Å². The summed E-state index contributed by atoms with van der Waals surface area (Å²) in [7, 11) is -3.11. The SMILES string of the molecule is CCCCN(C(=O)COC(=O)c1ccc(OCC2CCCO2)cc1)C1CCS(=O)(=O)C1. The van der Waals surface area contributed by atoms with Crippen LogP contribution >= 0.6 is 0 Å². The first-order valence-electron chi connectivity index (χ1n) is 10.9. The van der Waals surface area contributed by atoms with E-state index >= 15 is 0 Å². The number of carbonyl (C=O) groups excluding carboxylic acids is 2. The van der Waals surface area contributed by atoms with Crippen molar-refractivity contribution >= 4 is 21.7 Å². The number of benzene rings is 1. The van der Waals surface area contributed by atoms with E-state index in [1.807, 2.05) is 6.92 Å². The lowest BCUT2D eigenvalue weighted by molar-refractivity contribution is -0.136. The second-order valence-electron chi connectivity index (χ2n) is 8.04. The first kappa shape index (κ1) is 23.5. The van der Waals surface area contributed by atoms with Gasteiger partial charge in [-0.2, -0.15) is 0 Å². The highest BCUT2D eigenvalue weighted by atomic mass is 32.2. The van der Waals surface area contributed by atoms with Crippen LogP contribution in [0.5, 0.6) is 5.75 Å². The Labute approximate surface area is 183 Å². The van der Waals surface area contributed by atoms with Gasteiger partial charge in [-0.1, -0.05) is 13.3 Å². The maximum absolute atomic E-state index is 12.7. The van der Waals surface area contributed by atoms with Crippen LogP contribution in [0.25, 0.3) is 0 Å². The number of esters is 1. The van der Waals surface area contributed by atoms with Crippen molar-refractivity contribution in [2.24, 2.45) is 0 Å². The molecule has 0 saturated carbocycles. The fourth-order valence-corrected chi connectivity index (χ4v) is 5.54. The standard InChI is InChI=1S/C22H31NO7S/c1-2-3-11-23(18-10-13-31(26,27)16-18)21(24)15-30-22(25)17-6-8-19(9-7-17)29-14-20-5-4-12-28-20/h6-9,18,20H,2-5,10-16H2,1H3. The van der Waals surface area contributed by atoms with Crippen molar-refractivity contribution in [1.82, 2.24) is 4.90 Å². The number of hydrogen-bond donors (Lipinski definition) is 0. The van der Waals surface area contributed by atoms with E-state index in [2.05, 4.69) is 0 Å². The van der Waals surface area contributed by atoms with Gasteiger partial charge in [0.15, 0.2) is 16.4 Å². The molecule has 2 aliphatic heterocycles. The normalized spacial score (nSPS) is 22.2. The number of hydrogen-bond acceptors (Lipinski definition) is 7. The molecule has 2 saturated heterocycles. The van der Waals surface area contributed by atoms with E-state index in [0.717, 1.165) is 32.3 Å². The van der Waals surface area contributed by atoms with Gasteiger partial charge < -0.3 is 19.1 Å². The highest BCUT2D eigenvalue weighted by Gasteiger charge is 2.34. The van der Waals surface area contributed by atoms with Crippen molar-refractivity contribution in [2.45, 2.75) is 51.2 Å². The topological polar surface area (TPSA) is 99.2 Å². The highest BCUT2D eigenvalue weighted by Crippen LogP contribution is 2.20. The molecule has 2 atom stereocenters. The average Bonchev–Trinajstić information content (AvgIpc) is 3.40. The van der Waals surface area contributed by atoms with Gasteiger partial charge in [-0.15, -0.1) is 0 Å². The molecule has 2 unspecified atom stereocenters. The molecule has 1 aromatic carbocycles. The van der Waals surface area contributed by atoms with Crippen LogP contribution in [0, 0.1) is 0 Å². The summed E-state index contributed by atoms with van der Waals surface area (Å²) in [6.07, 6.45) is 4.22. The molecule has 0 radical (unpaired) electrons. The molecule has 2 aliphatic rings. The molecule has 3 rings (SSSR count). The predicted octanol–water partition coefficient (Wildman–Crippen LogP) is 2.22. The van der Waals surface area contributed by atoms with Crippen LogP contribution in [0.2, 0.25) is 0 Å². The van der Waals surface area contributed by atoms with Gasteiger partial charge in [0.1, 0.15) is 12.4 Å². The summed E-state index contributed by atoms with van der Waals surface area (Å²) in [5, 5.41) is 0. The van der Waals surface area contributed by atoms with Crippen LogP contribution < -0.4 is 4.74 Å². The van der Waals surface area contributed by atoms with E-state index in [-0.39, 0.29) is 29.6 Å². The summed E-state index contributed by atoms with van der Waals surface area (Å²) in [5.41, 5.74) is 0.320. The van der Waals surface area contributed by atoms with Crippen LogP contribution in [0.3, 0.4) is 0 Å². The van der Waals surface area contributed by atoms with E-state index in [4.69, 9.17) is 14.2 Å². The Morgan fingerprint density at radius 2 is 1.97 bits per heavy atom. The Kier molecular flexibility index (Phi) is 8.31. The Morgan fingerprint density at radius 1 is 1.19 bits per heavy atom. The van der Waals surface area contributed by atoms with Gasteiger partial charge >= 0.3 is 5.97 Å². The zero-order chi connectivity index (χ0) is 22.3. The number of carbonyl (C=O) groups is 2. The summed E-state index contributed by atoms with van der Waals surface area (Å²) in [5.74, 6) is -0.261. The number of nitrogens with zero attached hydrogens (tertiary/aromatic N) is 1. The van der Waals surface area contributed by atoms with Crippen molar-refractivity contribution < 1.29 is 32.2 Å². The monoisotopic (exact) mass is 453 g/mol. The molecule has 9 heteroatoms. The minimum absolute atomic E-state index is 0.0240. The van der Waals surface area contributed by atoms with Crippen LogP contribution in [0.1, 0.15) is 49.4 Å². The molecule has 0 N–H and O–H groups in total. The van der Waals surface area contributed by atoms with Crippen LogP contribution in [0.4, 0.5) is 0 Å². The van der Waals surface area contributed by atoms with Crippen molar-refractivity contribution in [3.8, 4) is 5.75 Å². The number of sulfone groups is 1. The minimum atomic E-state index is -3.11. The highest BCUT2D eigenvalue weighted by molar-refractivity contribution is 7.91. The molecule has 1 amide bonds. The third kappa shape index (κ3) is 6.93. The van der Waals surface area contributed by atoms with E-state index in [9.17, 15) is 18.0 Å². The molecule has 0 bridgehead atoms. The van der Waals surface area contributed by atoms with E-state index in [1.165, 1.54) is 0 Å². The Bertz CT molecular complexity index is 847. The summed E-state index contributed by atoms with van der Waals surface area (Å²) >= 11 is 0. The van der Waals surface area contributed by atoms with Gasteiger partial charge in [-0.05, 0) is 49.9 Å². The van der Waals surface area contributed by atoms with Gasteiger partial charge in [-0.25, -0.2) is 13.2 Å². The smallest absolute Gasteiger partial charge is 0.338 e. The Balaban J connectivity index is 1.50. The fourth-order valence-electron chi connectivity index (χ4n) is 3.81. The van der Waals surface area contributed by atoms with Crippen LogP contribution in [-0.4, -0.2) is 75.2 Å². The molecule has 31 heavy (non-hydrogen) atoms. The van der Waals surface area contributed by atoms with Gasteiger partial charge in [-0.3, -0.25) is 4.79 Å². The summed E-state index contributed by atoms with van der Waals surface area (Å²) in [6.45, 7) is 3.30. The lowest BCUT2D eigenvalue weighted by Crippen LogP contribution is -2.43. The first-order valence-corrected chi connectivity index (χ1v) is 12.7. The molecule has 0 spiro atoms. The largest absolute Gasteiger partial charge is 0.491 e. The van der Waals surface area contributed by atoms with Gasteiger partial charge in [0, 0.05) is 19.2 Å². The zero-order valence-corrected chi connectivity index (χ0v) is 18.8. The lowest BCUT2D eigenvalue weighted by atomic mass is 10.2. The maximum atomic E-state index is 12.7. The predicted molar refractivity (Wildman–Crippen MR) is 115 cm³/mol. The summed E-state index contributed by atoms with van der Waals surface area (Å²) < 4.78 is 40.0. The molecule has 1 aromatic rings. The van der Waals surface area contributed by atoms with Gasteiger partial charge in [0.25, 0.3) is 5.91 Å². The number of rotatable bonds is 10. The number of ether oxygens (including phenoxy) is 3. The van der Waals surface area contributed by atoms with E-state index < -0.39 is 22.4 Å². The zero-order valence-electron chi connectivity index (χ0n) is 18.0. The minimum Gasteiger partial charge on any atom is -0.491 e. The van der Waals surface area contributed by atoms with Crippen molar-refractivity contribution in [1.29, 1.82) is 0 Å². The third-order valence-corrected chi connectivity index (χ3v) is 7.35. The summed E-state index contributed by atoms with van der Waals surface area (Å²) in [6, 6.07) is 6.21. The Morgan fingerprint density at radius 3 is 2.58 bits per heavy atom. The molecule has 0 aliphatic carbocycles. The lowest BCUT2D eigenvalue weighted by Gasteiger charge is -2.28. The van der Waals surface area contributed by atoms with Crippen molar-refractivity contribution in [3.63, 3.8) is 0 Å². The molecular formula is C22H31NO7S. The van der Waals surface area contributed by atoms with Crippen molar-refractivity contribution in [2.75, 3.05) is 37.9 Å². The number of amides is 1. The first-order chi connectivity index (χ1) is 14.9. The van der Waals surface area contributed by atoms with Crippen LogP contribution in [0.15, 0.2) is 24.3 Å². The average molecular weight is 454 g/mol. The number of unbranched alkanes of at least 4 members (excludes halogenated alkanes) is 1. The molecule has 2 fully saturated rings. The molecule has 8 nitrogen and oxygen atoms in total. The van der Waals surface area contributed by atoms with Gasteiger partial charge in [0.2, 0.25) is 0 Å². The third-order valence-electron chi connectivity index (χ3n) is 5.60. The van der Waals surface area contributed by atoms with E-state index in [0.29, 0.717) is 30.9 Å². The second kappa shape index (κ2) is 10.9. The summed E-state index contributed by atoms with van der Waals surface area (Å²) in [4.78, 5) is 26.6. The quantitative estimate of drug-likeness (QED) is 0.501. The molecule has 172 valence electrons. The molecule has 0 aromatic heterocycles.